The van der Waals surface area contributed by atoms with E-state index < -0.39 is 0 Å². The van der Waals surface area contributed by atoms with Gasteiger partial charge in [0.05, 0.1) is 22.0 Å². The average Bonchev–Trinajstić information content (AvgIpc) is 3.19. The first-order valence-electron chi connectivity index (χ1n) is 8.04. The highest BCUT2D eigenvalue weighted by Gasteiger charge is 2.13. The lowest BCUT2D eigenvalue weighted by Crippen LogP contribution is -2.26. The molecule has 0 saturated carbocycles. The Labute approximate surface area is 151 Å². The Morgan fingerprint density at radius 2 is 2.12 bits per heavy atom. The first kappa shape index (κ1) is 17.2. The van der Waals surface area contributed by atoms with E-state index in [1.165, 1.54) is 5.56 Å². The lowest BCUT2D eigenvalue weighted by Gasteiger charge is -2.09. The van der Waals surface area contributed by atoms with Gasteiger partial charge >= 0.3 is 0 Å². The maximum absolute atomic E-state index is 12.5. The zero-order valence-corrected chi connectivity index (χ0v) is 15.2. The zero-order chi connectivity index (χ0) is 18.0. The van der Waals surface area contributed by atoms with E-state index in [1.54, 1.807) is 23.0 Å². The second kappa shape index (κ2) is 7.11. The van der Waals surface area contributed by atoms with Crippen LogP contribution in [0.3, 0.4) is 0 Å². The summed E-state index contributed by atoms with van der Waals surface area (Å²) in [6, 6.07) is 7.11. The fourth-order valence-corrected chi connectivity index (χ4v) is 3.03. The van der Waals surface area contributed by atoms with Crippen LogP contribution >= 0.6 is 11.6 Å². The van der Waals surface area contributed by atoms with E-state index in [2.05, 4.69) is 15.5 Å². The van der Waals surface area contributed by atoms with Crippen molar-refractivity contribution >= 4 is 17.5 Å². The average molecular weight is 358 g/mol. The van der Waals surface area contributed by atoms with Gasteiger partial charge in [-0.15, -0.1) is 0 Å². The number of amides is 1. The van der Waals surface area contributed by atoms with Crippen LogP contribution in [0.1, 0.15) is 27.3 Å². The molecule has 130 valence electrons. The summed E-state index contributed by atoms with van der Waals surface area (Å²) in [5, 5.41) is 11.9. The van der Waals surface area contributed by atoms with E-state index in [0.717, 1.165) is 23.5 Å². The molecule has 0 unspecified atom stereocenters. The van der Waals surface area contributed by atoms with E-state index in [4.69, 9.17) is 11.6 Å². The third kappa shape index (κ3) is 3.58. The topological polar surface area (TPSA) is 64.7 Å². The Kier molecular flexibility index (Phi) is 4.90. The fourth-order valence-electron chi connectivity index (χ4n) is 2.83. The van der Waals surface area contributed by atoms with Crippen molar-refractivity contribution in [2.24, 2.45) is 7.05 Å². The third-order valence-electron chi connectivity index (χ3n) is 4.28. The van der Waals surface area contributed by atoms with Gasteiger partial charge in [0.2, 0.25) is 0 Å². The minimum absolute atomic E-state index is 0.196. The van der Waals surface area contributed by atoms with Crippen molar-refractivity contribution in [1.29, 1.82) is 0 Å². The van der Waals surface area contributed by atoms with Gasteiger partial charge in [0.25, 0.3) is 5.91 Å². The standard InChI is InChI=1S/C18H20ClN5O/c1-12-15(13(2)23(3)22-12)7-9-20-18(25)16-11-14(5-6-17(16)19)24-10-4-8-21-24/h4-6,8,10-11H,7,9H2,1-3H3,(H,20,25). The van der Waals surface area contributed by atoms with Crippen molar-refractivity contribution in [2.75, 3.05) is 6.54 Å². The number of nitrogens with one attached hydrogen (secondary N) is 1. The van der Waals surface area contributed by atoms with Crippen LogP contribution in [-0.4, -0.2) is 32.0 Å². The van der Waals surface area contributed by atoms with Gasteiger partial charge in [-0.25, -0.2) is 4.68 Å². The van der Waals surface area contributed by atoms with Crippen molar-refractivity contribution in [3.05, 3.63) is 64.2 Å². The van der Waals surface area contributed by atoms with Crippen LogP contribution in [0.4, 0.5) is 0 Å². The SMILES string of the molecule is Cc1nn(C)c(C)c1CCNC(=O)c1cc(-n2cccn2)ccc1Cl. The molecule has 2 aromatic heterocycles. The number of aromatic nitrogens is 4. The fraction of sp³-hybridized carbons (Fsp3) is 0.278. The molecule has 0 bridgehead atoms. The Balaban J connectivity index is 1.70. The second-order valence-electron chi connectivity index (χ2n) is 5.89. The van der Waals surface area contributed by atoms with Gasteiger partial charge in [0.15, 0.2) is 0 Å². The first-order valence-corrected chi connectivity index (χ1v) is 8.42. The van der Waals surface area contributed by atoms with Crippen LogP contribution in [-0.2, 0) is 13.5 Å². The molecule has 0 atom stereocenters. The molecular weight excluding hydrogens is 338 g/mol. The maximum Gasteiger partial charge on any atom is 0.252 e. The predicted octanol–water partition coefficient (Wildman–Crippen LogP) is 2.85. The number of hydrogen-bond acceptors (Lipinski definition) is 3. The monoisotopic (exact) mass is 357 g/mol. The molecule has 2 heterocycles. The number of rotatable bonds is 5. The number of carbonyl (C=O) groups excluding carboxylic acids is 1. The van der Waals surface area contributed by atoms with E-state index in [9.17, 15) is 4.79 Å². The van der Waals surface area contributed by atoms with Gasteiger partial charge in [-0.1, -0.05) is 11.6 Å². The first-order chi connectivity index (χ1) is 12.0. The number of halogens is 1. The van der Waals surface area contributed by atoms with Crippen LogP contribution in [0.2, 0.25) is 5.02 Å². The van der Waals surface area contributed by atoms with Gasteiger partial charge in [-0.3, -0.25) is 9.48 Å². The van der Waals surface area contributed by atoms with E-state index in [1.807, 2.05) is 43.9 Å². The van der Waals surface area contributed by atoms with Crippen LogP contribution in [0.5, 0.6) is 0 Å². The molecule has 25 heavy (non-hydrogen) atoms. The highest BCUT2D eigenvalue weighted by Crippen LogP contribution is 2.20. The van der Waals surface area contributed by atoms with Crippen molar-refractivity contribution in [3.63, 3.8) is 0 Å². The van der Waals surface area contributed by atoms with Crippen LogP contribution in [0.25, 0.3) is 5.69 Å². The minimum Gasteiger partial charge on any atom is -0.352 e. The minimum atomic E-state index is -0.196. The van der Waals surface area contributed by atoms with Crippen LogP contribution in [0.15, 0.2) is 36.7 Å². The quantitative estimate of drug-likeness (QED) is 0.763. The van der Waals surface area contributed by atoms with Gasteiger partial charge < -0.3 is 5.32 Å². The number of aryl methyl sites for hydroxylation is 2. The molecule has 1 N–H and O–H groups in total. The molecule has 3 aromatic rings. The van der Waals surface area contributed by atoms with Crippen molar-refractivity contribution in [3.8, 4) is 5.69 Å². The number of benzene rings is 1. The van der Waals surface area contributed by atoms with Gasteiger partial charge in [-0.05, 0) is 50.1 Å². The molecule has 0 aliphatic rings. The molecule has 1 amide bonds. The molecule has 7 heteroatoms. The summed E-state index contributed by atoms with van der Waals surface area (Å²) in [4.78, 5) is 12.5. The molecule has 0 aliphatic heterocycles. The summed E-state index contributed by atoms with van der Waals surface area (Å²) in [6.07, 6.45) is 4.24. The summed E-state index contributed by atoms with van der Waals surface area (Å²) in [6.45, 7) is 4.53. The lowest BCUT2D eigenvalue weighted by atomic mass is 10.1. The van der Waals surface area contributed by atoms with Crippen molar-refractivity contribution in [1.82, 2.24) is 24.9 Å². The smallest absolute Gasteiger partial charge is 0.252 e. The van der Waals surface area contributed by atoms with Gasteiger partial charge in [0.1, 0.15) is 0 Å². The van der Waals surface area contributed by atoms with E-state index >= 15 is 0 Å². The van der Waals surface area contributed by atoms with Crippen LogP contribution < -0.4 is 5.32 Å². The van der Waals surface area contributed by atoms with E-state index in [-0.39, 0.29) is 5.91 Å². The molecule has 0 aliphatic carbocycles. The Morgan fingerprint density at radius 1 is 1.32 bits per heavy atom. The summed E-state index contributed by atoms with van der Waals surface area (Å²) in [7, 11) is 1.92. The van der Waals surface area contributed by atoms with Gasteiger partial charge in [0, 0.05) is 31.7 Å². The Bertz CT molecular complexity index is 899. The summed E-state index contributed by atoms with van der Waals surface area (Å²) < 4.78 is 3.55. The largest absolute Gasteiger partial charge is 0.352 e. The van der Waals surface area contributed by atoms with Crippen LogP contribution in [0, 0.1) is 13.8 Å². The van der Waals surface area contributed by atoms with Crippen molar-refractivity contribution in [2.45, 2.75) is 20.3 Å². The highest BCUT2D eigenvalue weighted by atomic mass is 35.5. The summed E-state index contributed by atoms with van der Waals surface area (Å²) in [5.74, 6) is -0.196. The molecule has 6 nitrogen and oxygen atoms in total. The molecule has 0 saturated heterocycles. The molecule has 0 radical (unpaired) electrons. The Morgan fingerprint density at radius 3 is 2.76 bits per heavy atom. The highest BCUT2D eigenvalue weighted by molar-refractivity contribution is 6.33. The lowest BCUT2D eigenvalue weighted by molar-refractivity contribution is 0.0954. The molecular formula is C18H20ClN5O. The zero-order valence-electron chi connectivity index (χ0n) is 14.5. The number of hydrogen-bond donors (Lipinski definition) is 1. The normalized spacial score (nSPS) is 10.9. The molecule has 0 spiro atoms. The molecule has 1 aromatic carbocycles. The number of nitrogens with zero attached hydrogens (tertiary/aromatic N) is 4. The number of carbonyl (C=O) groups is 1. The predicted molar refractivity (Wildman–Crippen MR) is 97.3 cm³/mol. The summed E-state index contributed by atoms with van der Waals surface area (Å²) in [5.41, 5.74) is 4.51. The molecule has 3 rings (SSSR count). The second-order valence-corrected chi connectivity index (χ2v) is 6.30. The van der Waals surface area contributed by atoms with Gasteiger partial charge in [-0.2, -0.15) is 10.2 Å². The third-order valence-corrected chi connectivity index (χ3v) is 4.61. The molecule has 0 fully saturated rings. The maximum atomic E-state index is 12.5. The summed E-state index contributed by atoms with van der Waals surface area (Å²) >= 11 is 6.20. The van der Waals surface area contributed by atoms with E-state index in [0.29, 0.717) is 17.1 Å². The Hall–Kier alpha value is -2.60. The van der Waals surface area contributed by atoms with Crippen molar-refractivity contribution < 1.29 is 4.79 Å².